The highest BCUT2D eigenvalue weighted by molar-refractivity contribution is 6.33. The molecule has 1 amide bonds. The van der Waals surface area contributed by atoms with Crippen molar-refractivity contribution in [2.75, 3.05) is 5.32 Å². The Hall–Kier alpha value is -1.88. The number of halogens is 1. The lowest BCUT2D eigenvalue weighted by molar-refractivity contribution is -0.118. The second kappa shape index (κ2) is 3.81. The van der Waals surface area contributed by atoms with Crippen LogP contribution in [-0.2, 0) is 4.79 Å². The lowest BCUT2D eigenvalue weighted by atomic mass is 10.1. The molecule has 92 valence electrons. The normalized spacial score (nSPS) is 17.7. The van der Waals surface area contributed by atoms with Crippen LogP contribution >= 0.6 is 11.6 Å². The van der Waals surface area contributed by atoms with Gasteiger partial charge in [0, 0.05) is 11.9 Å². The van der Waals surface area contributed by atoms with Crippen LogP contribution in [0.25, 0.3) is 11.3 Å². The zero-order chi connectivity index (χ0) is 12.9. The third-order valence-corrected chi connectivity index (χ3v) is 3.31. The summed E-state index contributed by atoms with van der Waals surface area (Å²) in [5, 5.41) is 7.42. The molecule has 1 N–H and O–H groups in total. The van der Waals surface area contributed by atoms with Crippen LogP contribution in [-0.4, -0.2) is 20.7 Å². The van der Waals surface area contributed by atoms with Gasteiger partial charge in [-0.25, -0.2) is 4.98 Å². The van der Waals surface area contributed by atoms with Crippen molar-refractivity contribution in [3.8, 4) is 11.3 Å². The number of nitrogens with zero attached hydrogens (tertiary/aromatic N) is 3. The Balaban J connectivity index is 2.35. The van der Waals surface area contributed by atoms with E-state index in [2.05, 4.69) is 15.4 Å². The van der Waals surface area contributed by atoms with E-state index in [0.29, 0.717) is 10.8 Å². The summed E-state index contributed by atoms with van der Waals surface area (Å²) in [5.41, 5.74) is 2.97. The first-order valence-electron chi connectivity index (χ1n) is 5.60. The van der Waals surface area contributed by atoms with E-state index in [0.717, 1.165) is 17.0 Å². The number of carbonyl (C=O) groups is 1. The fraction of sp³-hybridized carbons (Fsp3) is 0.250. The van der Waals surface area contributed by atoms with Gasteiger partial charge in [0.2, 0.25) is 5.91 Å². The molecule has 0 aliphatic carbocycles. The van der Waals surface area contributed by atoms with E-state index >= 15 is 0 Å². The summed E-state index contributed by atoms with van der Waals surface area (Å²) in [4.78, 5) is 16.3. The van der Waals surface area contributed by atoms with Crippen molar-refractivity contribution < 1.29 is 4.79 Å². The Kier molecular flexibility index (Phi) is 2.38. The maximum Gasteiger partial charge on any atom is 0.248 e. The second-order valence-corrected chi connectivity index (χ2v) is 4.66. The quantitative estimate of drug-likeness (QED) is 0.742. The summed E-state index contributed by atoms with van der Waals surface area (Å²) in [5.74, 6) is -0.111. The minimum Gasteiger partial charge on any atom is -0.323 e. The SMILES string of the molecule is Cc1cc2c(c(Cl)n1)-c1ccnn1C(C)C(=O)N2. The van der Waals surface area contributed by atoms with Crippen molar-refractivity contribution in [3.63, 3.8) is 0 Å². The molecule has 1 unspecified atom stereocenters. The zero-order valence-electron chi connectivity index (χ0n) is 9.94. The molecule has 1 aliphatic heterocycles. The van der Waals surface area contributed by atoms with Gasteiger partial charge < -0.3 is 5.32 Å². The van der Waals surface area contributed by atoms with Crippen molar-refractivity contribution in [3.05, 3.63) is 29.2 Å². The topological polar surface area (TPSA) is 59.8 Å². The molecule has 18 heavy (non-hydrogen) atoms. The maximum absolute atomic E-state index is 12.0. The van der Waals surface area contributed by atoms with Crippen LogP contribution in [0.3, 0.4) is 0 Å². The summed E-state index contributed by atoms with van der Waals surface area (Å²) in [6.45, 7) is 3.63. The first kappa shape index (κ1) is 11.2. The highest BCUT2D eigenvalue weighted by Gasteiger charge is 2.27. The van der Waals surface area contributed by atoms with E-state index in [-0.39, 0.29) is 11.9 Å². The van der Waals surface area contributed by atoms with Crippen LogP contribution in [0.5, 0.6) is 0 Å². The molecule has 6 heteroatoms. The molecule has 0 saturated carbocycles. The third-order valence-electron chi connectivity index (χ3n) is 3.03. The number of hydrogen-bond donors (Lipinski definition) is 1. The van der Waals surface area contributed by atoms with E-state index in [1.807, 2.05) is 19.1 Å². The number of aryl methyl sites for hydroxylation is 1. The van der Waals surface area contributed by atoms with Crippen LogP contribution in [0.15, 0.2) is 18.3 Å². The van der Waals surface area contributed by atoms with Crippen LogP contribution in [0, 0.1) is 6.92 Å². The molecule has 2 aromatic rings. The summed E-state index contributed by atoms with van der Waals surface area (Å²) in [6, 6.07) is 3.27. The molecule has 0 bridgehead atoms. The number of aromatic nitrogens is 3. The summed E-state index contributed by atoms with van der Waals surface area (Å²) in [7, 11) is 0. The first-order chi connectivity index (χ1) is 8.58. The first-order valence-corrected chi connectivity index (χ1v) is 5.97. The predicted octanol–water partition coefficient (Wildman–Crippen LogP) is 2.42. The van der Waals surface area contributed by atoms with Gasteiger partial charge in [-0.05, 0) is 26.0 Å². The van der Waals surface area contributed by atoms with Gasteiger partial charge in [0.1, 0.15) is 11.2 Å². The Bertz CT molecular complexity index is 650. The smallest absolute Gasteiger partial charge is 0.248 e. The van der Waals surface area contributed by atoms with Crippen molar-refractivity contribution in [1.29, 1.82) is 0 Å². The number of nitrogens with one attached hydrogen (secondary N) is 1. The summed E-state index contributed by atoms with van der Waals surface area (Å²) in [6.07, 6.45) is 1.66. The van der Waals surface area contributed by atoms with Gasteiger partial charge in [0.15, 0.2) is 0 Å². The predicted molar refractivity (Wildman–Crippen MR) is 68.5 cm³/mol. The molecule has 5 nitrogen and oxygen atoms in total. The largest absolute Gasteiger partial charge is 0.323 e. The lowest BCUT2D eigenvalue weighted by Gasteiger charge is -2.09. The number of pyridine rings is 1. The standard InChI is InChI=1S/C12H11ClN4O/c1-6-5-8-10(11(13)15-6)9-3-4-14-17(9)7(2)12(18)16-8/h3-5,7H,1-2H3,(H,16,18). The molecular weight excluding hydrogens is 252 g/mol. The number of anilines is 1. The minimum atomic E-state index is -0.376. The fourth-order valence-electron chi connectivity index (χ4n) is 2.15. The van der Waals surface area contributed by atoms with E-state index in [9.17, 15) is 4.79 Å². The van der Waals surface area contributed by atoms with Crippen molar-refractivity contribution in [1.82, 2.24) is 14.8 Å². The molecule has 1 atom stereocenters. The van der Waals surface area contributed by atoms with Gasteiger partial charge >= 0.3 is 0 Å². The maximum atomic E-state index is 12.0. The number of hydrogen-bond acceptors (Lipinski definition) is 3. The Morgan fingerprint density at radius 1 is 1.50 bits per heavy atom. The Morgan fingerprint density at radius 2 is 2.28 bits per heavy atom. The Labute approximate surface area is 109 Å². The molecule has 0 saturated heterocycles. The molecule has 0 fully saturated rings. The van der Waals surface area contributed by atoms with E-state index in [4.69, 9.17) is 11.6 Å². The second-order valence-electron chi connectivity index (χ2n) is 4.30. The average molecular weight is 263 g/mol. The van der Waals surface area contributed by atoms with Crippen LogP contribution in [0.4, 0.5) is 5.69 Å². The summed E-state index contributed by atoms with van der Waals surface area (Å²) >= 11 is 6.20. The highest BCUT2D eigenvalue weighted by atomic mass is 35.5. The van der Waals surface area contributed by atoms with Crippen LogP contribution in [0.1, 0.15) is 18.7 Å². The molecule has 0 aromatic carbocycles. The van der Waals surface area contributed by atoms with Gasteiger partial charge in [0.25, 0.3) is 0 Å². The van der Waals surface area contributed by atoms with E-state index in [1.54, 1.807) is 17.8 Å². The van der Waals surface area contributed by atoms with Gasteiger partial charge in [-0.1, -0.05) is 11.6 Å². The van der Waals surface area contributed by atoms with Crippen molar-refractivity contribution >= 4 is 23.2 Å². The molecular formula is C12H11ClN4O. The third kappa shape index (κ3) is 1.51. The Morgan fingerprint density at radius 3 is 3.06 bits per heavy atom. The van der Waals surface area contributed by atoms with Crippen LogP contribution in [0.2, 0.25) is 5.15 Å². The molecule has 0 spiro atoms. The lowest BCUT2D eigenvalue weighted by Crippen LogP contribution is -2.22. The monoisotopic (exact) mass is 262 g/mol. The molecule has 0 radical (unpaired) electrons. The van der Waals surface area contributed by atoms with Gasteiger partial charge in [0.05, 0.1) is 16.9 Å². The van der Waals surface area contributed by atoms with Crippen molar-refractivity contribution in [2.24, 2.45) is 0 Å². The van der Waals surface area contributed by atoms with E-state index in [1.165, 1.54) is 0 Å². The zero-order valence-corrected chi connectivity index (χ0v) is 10.7. The van der Waals surface area contributed by atoms with Crippen molar-refractivity contribution in [2.45, 2.75) is 19.9 Å². The highest BCUT2D eigenvalue weighted by Crippen LogP contribution is 2.37. The molecule has 3 rings (SSSR count). The minimum absolute atomic E-state index is 0.111. The fourth-order valence-corrected chi connectivity index (χ4v) is 2.48. The summed E-state index contributed by atoms with van der Waals surface area (Å²) < 4.78 is 1.66. The van der Waals surface area contributed by atoms with Gasteiger partial charge in [-0.2, -0.15) is 5.10 Å². The molecule has 3 heterocycles. The molecule has 2 aromatic heterocycles. The number of amides is 1. The number of carbonyl (C=O) groups excluding carboxylic acids is 1. The van der Waals surface area contributed by atoms with Crippen LogP contribution < -0.4 is 5.32 Å². The van der Waals surface area contributed by atoms with Gasteiger partial charge in [-0.15, -0.1) is 0 Å². The average Bonchev–Trinajstić information content (AvgIpc) is 2.72. The molecule has 1 aliphatic rings. The van der Waals surface area contributed by atoms with E-state index < -0.39 is 0 Å². The van der Waals surface area contributed by atoms with Gasteiger partial charge in [-0.3, -0.25) is 9.48 Å². The number of rotatable bonds is 0. The number of fused-ring (bicyclic) bond motifs is 3.